The Morgan fingerprint density at radius 1 is 0.868 bits per heavy atom. The number of hydrogen-bond donors (Lipinski definition) is 0. The Kier molecular flexibility index (Phi) is 5.93. The molecule has 3 heterocycles. The average Bonchev–Trinajstić information content (AvgIpc) is 3.39. The second-order valence-electron chi connectivity index (χ2n) is 9.40. The van der Waals surface area contributed by atoms with Gasteiger partial charge in [-0.1, -0.05) is 47.5 Å². The van der Waals surface area contributed by atoms with Crippen LogP contribution in [0.2, 0.25) is 10.0 Å². The minimum Gasteiger partial charge on any atom is -0.497 e. The number of imide groups is 1. The first-order valence-electron chi connectivity index (χ1n) is 12.0. The molecule has 6 rings (SSSR count). The number of halogens is 2. The second-order valence-corrected chi connectivity index (χ2v) is 10.3. The first kappa shape index (κ1) is 24.5. The Balaban J connectivity index is 1.52. The molecule has 0 saturated carbocycles. The molecule has 0 radical (unpaired) electrons. The van der Waals surface area contributed by atoms with Gasteiger partial charge in [-0.15, -0.1) is 0 Å². The van der Waals surface area contributed by atoms with Gasteiger partial charge in [-0.05, 0) is 53.6 Å². The summed E-state index contributed by atoms with van der Waals surface area (Å²) < 4.78 is 10.8. The maximum Gasteiger partial charge on any atom is 0.240 e. The van der Waals surface area contributed by atoms with Crippen molar-refractivity contribution in [2.45, 2.75) is 12.1 Å². The fourth-order valence-corrected chi connectivity index (χ4v) is 6.46. The number of Topliss-reactive ketones (excluding diaryl/α,β-unsaturated/α-hetero) is 1. The van der Waals surface area contributed by atoms with Gasteiger partial charge in [0.15, 0.2) is 5.78 Å². The van der Waals surface area contributed by atoms with Crippen LogP contribution in [0.1, 0.15) is 27.5 Å². The largest absolute Gasteiger partial charge is 0.497 e. The summed E-state index contributed by atoms with van der Waals surface area (Å²) in [6.07, 6.45) is 3.71. The maximum atomic E-state index is 14.3. The van der Waals surface area contributed by atoms with Crippen molar-refractivity contribution in [2.75, 3.05) is 19.1 Å². The lowest BCUT2D eigenvalue weighted by atomic mass is 9.83. The number of ketones is 1. The number of benzene rings is 3. The van der Waals surface area contributed by atoms with E-state index in [4.69, 9.17) is 32.7 Å². The van der Waals surface area contributed by atoms with Gasteiger partial charge >= 0.3 is 0 Å². The maximum absolute atomic E-state index is 14.3. The first-order valence-corrected chi connectivity index (χ1v) is 12.7. The third-order valence-corrected chi connectivity index (χ3v) is 7.94. The summed E-state index contributed by atoms with van der Waals surface area (Å²) in [5, 5.41) is 0.595. The van der Waals surface area contributed by atoms with Gasteiger partial charge in [-0.25, -0.2) is 4.90 Å². The lowest BCUT2D eigenvalue weighted by molar-refractivity contribution is -0.123. The van der Waals surface area contributed by atoms with Crippen molar-refractivity contribution in [3.63, 3.8) is 0 Å². The van der Waals surface area contributed by atoms with Crippen molar-refractivity contribution in [1.82, 2.24) is 4.90 Å². The van der Waals surface area contributed by atoms with Crippen LogP contribution in [0.5, 0.6) is 11.5 Å². The van der Waals surface area contributed by atoms with Crippen LogP contribution in [0.25, 0.3) is 6.08 Å². The van der Waals surface area contributed by atoms with E-state index >= 15 is 0 Å². The van der Waals surface area contributed by atoms with Crippen LogP contribution >= 0.6 is 23.2 Å². The molecule has 0 aliphatic carbocycles. The highest BCUT2D eigenvalue weighted by molar-refractivity contribution is 6.36. The molecule has 0 unspecified atom stereocenters. The lowest BCUT2D eigenvalue weighted by Crippen LogP contribution is -2.44. The summed E-state index contributed by atoms with van der Waals surface area (Å²) in [6.45, 7) is 0. The quantitative estimate of drug-likeness (QED) is 0.313. The molecule has 2 amide bonds. The van der Waals surface area contributed by atoms with Crippen LogP contribution in [-0.4, -0.2) is 42.8 Å². The molecule has 3 aromatic rings. The zero-order valence-electron chi connectivity index (χ0n) is 20.4. The number of carbonyl (C=O) groups is 3. The third kappa shape index (κ3) is 3.61. The fourth-order valence-electron chi connectivity index (χ4n) is 5.95. The molecular formula is C29H22Cl2N2O5. The molecule has 2 fully saturated rings. The Hall–Kier alpha value is -3.81. The number of anilines is 1. The van der Waals surface area contributed by atoms with Crippen LogP contribution < -0.4 is 14.4 Å². The zero-order valence-corrected chi connectivity index (χ0v) is 21.9. The van der Waals surface area contributed by atoms with E-state index in [0.29, 0.717) is 21.5 Å². The molecule has 3 aliphatic rings. The molecule has 9 heteroatoms. The summed E-state index contributed by atoms with van der Waals surface area (Å²) in [7, 11) is 2.99. The van der Waals surface area contributed by atoms with E-state index in [1.54, 1.807) is 18.2 Å². The van der Waals surface area contributed by atoms with Crippen LogP contribution in [0.4, 0.5) is 5.69 Å². The van der Waals surface area contributed by atoms with Gasteiger partial charge in [-0.3, -0.25) is 14.4 Å². The molecule has 192 valence electrons. The predicted octanol–water partition coefficient (Wildman–Crippen LogP) is 5.41. The van der Waals surface area contributed by atoms with Gasteiger partial charge in [0.25, 0.3) is 0 Å². The Morgan fingerprint density at radius 3 is 2.29 bits per heavy atom. The number of rotatable bonds is 5. The van der Waals surface area contributed by atoms with Crippen molar-refractivity contribution in [3.8, 4) is 11.5 Å². The van der Waals surface area contributed by atoms with Gasteiger partial charge < -0.3 is 14.4 Å². The smallest absolute Gasteiger partial charge is 0.240 e. The van der Waals surface area contributed by atoms with Crippen LogP contribution in [-0.2, 0) is 9.59 Å². The van der Waals surface area contributed by atoms with Gasteiger partial charge in [0, 0.05) is 16.2 Å². The number of nitrogens with zero attached hydrogens (tertiary/aromatic N) is 2. The van der Waals surface area contributed by atoms with Crippen molar-refractivity contribution in [1.29, 1.82) is 0 Å². The molecule has 0 N–H and O–H groups in total. The number of fused-ring (bicyclic) bond motifs is 5. The van der Waals surface area contributed by atoms with Crippen molar-refractivity contribution in [3.05, 3.63) is 93.6 Å². The number of hydrogen-bond acceptors (Lipinski definition) is 6. The average molecular weight is 549 g/mol. The molecule has 3 aromatic carbocycles. The van der Waals surface area contributed by atoms with Crippen molar-refractivity contribution in [2.24, 2.45) is 11.8 Å². The molecule has 2 saturated heterocycles. The minimum absolute atomic E-state index is 0.271. The van der Waals surface area contributed by atoms with Crippen molar-refractivity contribution < 1.29 is 23.9 Å². The molecule has 3 aliphatic heterocycles. The monoisotopic (exact) mass is 548 g/mol. The summed E-state index contributed by atoms with van der Waals surface area (Å²) in [4.78, 5) is 45.3. The SMILES string of the molecule is COc1ccc(OC)c(C(=O)[C@@H]2[C@@H]3C(=O)N(c4cc(Cl)cc(Cl)c4)C(=O)[C@@H]3[C@H]3c4ccccc4C=CN23)c1. The summed E-state index contributed by atoms with van der Waals surface area (Å²) in [5.41, 5.74) is 2.37. The Labute approximate surface area is 229 Å². The molecule has 0 aromatic heterocycles. The number of ether oxygens (including phenoxy) is 2. The van der Waals surface area contributed by atoms with Crippen LogP contribution in [0.3, 0.4) is 0 Å². The van der Waals surface area contributed by atoms with Crippen LogP contribution in [0, 0.1) is 11.8 Å². The van der Waals surface area contributed by atoms with Gasteiger partial charge in [0.1, 0.15) is 17.5 Å². The number of amides is 2. The van der Waals surface area contributed by atoms with Gasteiger partial charge in [0.2, 0.25) is 11.8 Å². The highest BCUT2D eigenvalue weighted by atomic mass is 35.5. The number of carbonyl (C=O) groups excluding carboxylic acids is 3. The van der Waals surface area contributed by atoms with E-state index in [1.807, 2.05) is 41.4 Å². The van der Waals surface area contributed by atoms with Gasteiger partial charge in [-0.2, -0.15) is 0 Å². The first-order chi connectivity index (χ1) is 18.3. The second kappa shape index (κ2) is 9.19. The highest BCUT2D eigenvalue weighted by Crippen LogP contribution is 2.54. The molecule has 38 heavy (non-hydrogen) atoms. The van der Waals surface area contributed by atoms with E-state index in [9.17, 15) is 14.4 Å². The summed E-state index contributed by atoms with van der Waals surface area (Å²) in [6, 6.07) is 15.8. The van der Waals surface area contributed by atoms with E-state index in [0.717, 1.165) is 16.0 Å². The van der Waals surface area contributed by atoms with E-state index in [-0.39, 0.29) is 17.0 Å². The lowest BCUT2D eigenvalue weighted by Gasteiger charge is -2.35. The minimum atomic E-state index is -0.952. The standard InChI is InChI=1S/C29H22Cl2N2O5/c1-37-19-7-8-22(38-2)21(14-19)27(34)26-24-23(25-20-6-4-3-5-15(20)9-10-32(25)26)28(35)33(29(24)36)18-12-16(30)11-17(31)13-18/h3-14,23-26H,1-2H3/t23-,24+,25+,26-/m0/s1. The van der Waals surface area contributed by atoms with Crippen molar-refractivity contribution >= 4 is 52.6 Å². The highest BCUT2D eigenvalue weighted by Gasteiger charge is 2.64. The Morgan fingerprint density at radius 2 is 1.58 bits per heavy atom. The summed E-state index contributed by atoms with van der Waals surface area (Å²) in [5.74, 6) is -2.11. The molecule has 0 bridgehead atoms. The Bertz CT molecular complexity index is 1520. The van der Waals surface area contributed by atoms with E-state index < -0.39 is 35.7 Å². The predicted molar refractivity (Wildman–Crippen MR) is 144 cm³/mol. The number of methoxy groups -OCH3 is 2. The normalized spacial score (nSPS) is 23.3. The van der Waals surface area contributed by atoms with Gasteiger partial charge in [0.05, 0.1) is 43.3 Å². The topological polar surface area (TPSA) is 76.1 Å². The molecule has 0 spiro atoms. The third-order valence-electron chi connectivity index (χ3n) is 7.51. The summed E-state index contributed by atoms with van der Waals surface area (Å²) >= 11 is 12.4. The van der Waals surface area contributed by atoms with E-state index in [2.05, 4.69) is 0 Å². The molecular weight excluding hydrogens is 527 g/mol. The van der Waals surface area contributed by atoms with E-state index in [1.165, 1.54) is 32.4 Å². The van der Waals surface area contributed by atoms with Crippen LogP contribution in [0.15, 0.2) is 66.9 Å². The fraction of sp³-hybridized carbons (Fsp3) is 0.207. The molecule has 7 nitrogen and oxygen atoms in total. The zero-order chi connectivity index (χ0) is 26.7. The molecule has 4 atom stereocenters.